The summed E-state index contributed by atoms with van der Waals surface area (Å²) in [5.74, 6) is 0.635. The van der Waals surface area contributed by atoms with Crippen LogP contribution in [-0.4, -0.2) is 36.6 Å². The van der Waals surface area contributed by atoms with Crippen molar-refractivity contribution in [1.29, 1.82) is 0 Å². The van der Waals surface area contributed by atoms with Gasteiger partial charge in [-0.15, -0.1) is 0 Å². The number of rotatable bonds is 4. The summed E-state index contributed by atoms with van der Waals surface area (Å²) in [5, 5.41) is 2.78. The highest BCUT2D eigenvalue weighted by atomic mass is 19.4. The van der Waals surface area contributed by atoms with Crippen molar-refractivity contribution in [2.75, 3.05) is 19.9 Å². The van der Waals surface area contributed by atoms with E-state index < -0.39 is 11.7 Å². The van der Waals surface area contributed by atoms with Crippen LogP contribution in [0.25, 0.3) is 0 Å². The van der Waals surface area contributed by atoms with Gasteiger partial charge in [-0.05, 0) is 48.7 Å². The Bertz CT molecular complexity index is 968. The van der Waals surface area contributed by atoms with Crippen molar-refractivity contribution in [2.45, 2.75) is 25.6 Å². The molecule has 0 saturated carbocycles. The van der Waals surface area contributed by atoms with E-state index >= 15 is 0 Å². The van der Waals surface area contributed by atoms with E-state index in [0.717, 1.165) is 12.1 Å². The fraction of sp³-hybridized carbons (Fsp3) is 0.364. The number of ether oxygens (including phenoxy) is 2. The number of likely N-dealkylation sites (tertiary alicyclic amines) is 1. The Balaban J connectivity index is 1.26. The molecule has 9 heteroatoms. The molecule has 0 unspecified atom stereocenters. The Morgan fingerprint density at radius 1 is 1.00 bits per heavy atom. The molecule has 0 bridgehead atoms. The first-order valence-corrected chi connectivity index (χ1v) is 9.94. The highest BCUT2D eigenvalue weighted by Crippen LogP contribution is 2.33. The highest BCUT2D eigenvalue weighted by Gasteiger charge is 2.30. The Labute approximate surface area is 176 Å². The number of hydrogen-bond acceptors (Lipinski definition) is 4. The van der Waals surface area contributed by atoms with Crippen molar-refractivity contribution in [2.24, 2.45) is 5.92 Å². The summed E-state index contributed by atoms with van der Waals surface area (Å²) in [6.07, 6.45) is -3.34. The van der Waals surface area contributed by atoms with E-state index in [4.69, 9.17) is 9.47 Å². The molecule has 0 aliphatic carbocycles. The van der Waals surface area contributed by atoms with Gasteiger partial charge in [-0.2, -0.15) is 13.2 Å². The molecular weight excluding hydrogens is 413 g/mol. The topological polar surface area (TPSA) is 67.9 Å². The maximum atomic E-state index is 12.7. The zero-order valence-electron chi connectivity index (χ0n) is 16.6. The number of nitrogens with zero attached hydrogens (tertiary/aromatic N) is 1. The Morgan fingerprint density at radius 2 is 1.68 bits per heavy atom. The number of hydrogen-bond donors (Lipinski definition) is 1. The third-order valence-electron chi connectivity index (χ3n) is 5.52. The van der Waals surface area contributed by atoms with Gasteiger partial charge in [-0.1, -0.05) is 12.1 Å². The van der Waals surface area contributed by atoms with Gasteiger partial charge in [0.25, 0.3) is 5.91 Å². The van der Waals surface area contributed by atoms with Crippen LogP contribution in [0.2, 0.25) is 0 Å². The Kier molecular flexibility index (Phi) is 5.75. The van der Waals surface area contributed by atoms with E-state index in [1.807, 2.05) is 0 Å². The minimum absolute atomic E-state index is 0.123. The number of carbonyl (C=O) groups excluding carboxylic acids is 2. The number of piperidine rings is 1. The summed E-state index contributed by atoms with van der Waals surface area (Å²) in [5.41, 5.74) is 0.383. The zero-order valence-corrected chi connectivity index (χ0v) is 16.6. The number of benzene rings is 2. The van der Waals surface area contributed by atoms with Gasteiger partial charge in [-0.3, -0.25) is 9.59 Å². The zero-order chi connectivity index (χ0) is 22.0. The molecule has 2 aliphatic heterocycles. The van der Waals surface area contributed by atoms with Crippen molar-refractivity contribution < 1.29 is 32.2 Å². The van der Waals surface area contributed by atoms with Gasteiger partial charge in [0.1, 0.15) is 0 Å². The third-order valence-corrected chi connectivity index (χ3v) is 5.52. The molecule has 2 aliphatic rings. The maximum Gasteiger partial charge on any atom is 0.416 e. The second-order valence-corrected chi connectivity index (χ2v) is 7.55. The van der Waals surface area contributed by atoms with Crippen molar-refractivity contribution >= 4 is 11.8 Å². The smallest absolute Gasteiger partial charge is 0.416 e. The van der Waals surface area contributed by atoms with E-state index in [1.165, 1.54) is 12.1 Å². The van der Waals surface area contributed by atoms with E-state index in [2.05, 4.69) is 5.32 Å². The second-order valence-electron chi connectivity index (χ2n) is 7.55. The molecule has 2 amide bonds. The molecule has 0 aromatic heterocycles. The van der Waals surface area contributed by atoms with Gasteiger partial charge < -0.3 is 19.7 Å². The normalized spacial score (nSPS) is 16.3. The average Bonchev–Trinajstić information content (AvgIpc) is 3.24. The molecule has 1 N–H and O–H groups in total. The van der Waals surface area contributed by atoms with E-state index in [-0.39, 0.29) is 31.1 Å². The first-order valence-electron chi connectivity index (χ1n) is 9.94. The lowest BCUT2D eigenvalue weighted by Gasteiger charge is -2.31. The quantitative estimate of drug-likeness (QED) is 0.799. The van der Waals surface area contributed by atoms with Crippen molar-refractivity contribution in [3.05, 3.63) is 59.2 Å². The molecule has 0 spiro atoms. The van der Waals surface area contributed by atoms with Gasteiger partial charge in [-0.25, -0.2) is 0 Å². The summed E-state index contributed by atoms with van der Waals surface area (Å²) < 4.78 is 48.4. The molecule has 1 saturated heterocycles. The van der Waals surface area contributed by atoms with Crippen molar-refractivity contribution in [3.8, 4) is 11.5 Å². The predicted octanol–water partition coefficient (Wildman–Crippen LogP) is 3.60. The van der Waals surface area contributed by atoms with Gasteiger partial charge in [0, 0.05) is 31.1 Å². The summed E-state index contributed by atoms with van der Waals surface area (Å²) in [7, 11) is 0. The maximum absolute atomic E-state index is 12.7. The first-order chi connectivity index (χ1) is 14.8. The molecule has 0 radical (unpaired) electrons. The van der Waals surface area contributed by atoms with Crippen LogP contribution in [0.3, 0.4) is 0 Å². The summed E-state index contributed by atoms with van der Waals surface area (Å²) in [6.45, 7) is 1.20. The molecule has 0 atom stereocenters. The lowest BCUT2D eigenvalue weighted by molar-refractivity contribution is -0.137. The monoisotopic (exact) mass is 434 g/mol. The number of alkyl halides is 3. The van der Waals surface area contributed by atoms with Crippen LogP contribution in [0.5, 0.6) is 11.5 Å². The molecule has 6 nitrogen and oxygen atoms in total. The number of carbonyl (C=O) groups is 2. The van der Waals surface area contributed by atoms with Gasteiger partial charge in [0.15, 0.2) is 11.5 Å². The summed E-state index contributed by atoms with van der Waals surface area (Å²) in [6, 6.07) is 9.78. The second kappa shape index (κ2) is 8.49. The molecule has 1 fully saturated rings. The number of fused-ring (bicyclic) bond motifs is 1. The van der Waals surface area contributed by atoms with Crippen LogP contribution in [0, 0.1) is 5.92 Å². The van der Waals surface area contributed by atoms with Crippen LogP contribution in [0.15, 0.2) is 42.5 Å². The SMILES string of the molecule is O=C(NCc1ccc(C(F)(F)F)cc1)C1CCN(C(=O)c2ccc3c(c2)OCO3)CC1. The lowest BCUT2D eigenvalue weighted by Crippen LogP contribution is -2.42. The van der Waals surface area contributed by atoms with Crippen molar-refractivity contribution in [3.63, 3.8) is 0 Å². The summed E-state index contributed by atoms with van der Waals surface area (Å²) in [4.78, 5) is 26.9. The van der Waals surface area contributed by atoms with E-state index in [9.17, 15) is 22.8 Å². The molecular formula is C22H21F3N2O4. The fourth-order valence-electron chi connectivity index (χ4n) is 3.70. The van der Waals surface area contributed by atoms with Crippen LogP contribution in [0.1, 0.15) is 34.3 Å². The summed E-state index contributed by atoms with van der Waals surface area (Å²) >= 11 is 0. The molecule has 2 aromatic carbocycles. The number of nitrogens with one attached hydrogen (secondary N) is 1. The minimum Gasteiger partial charge on any atom is -0.454 e. The molecule has 4 rings (SSSR count). The Hall–Kier alpha value is -3.23. The van der Waals surface area contributed by atoms with Gasteiger partial charge in [0.2, 0.25) is 12.7 Å². The predicted molar refractivity (Wildman–Crippen MR) is 104 cm³/mol. The first kappa shape index (κ1) is 21.0. The standard InChI is InChI=1S/C22H21F3N2O4/c23-22(24,25)17-4-1-14(2-5-17)12-26-20(28)15-7-9-27(10-8-15)21(29)16-3-6-18-19(11-16)31-13-30-18/h1-6,11,15H,7-10,12-13H2,(H,26,28). The van der Waals surface area contributed by atoms with E-state index in [1.54, 1.807) is 23.1 Å². The molecule has 31 heavy (non-hydrogen) atoms. The van der Waals surface area contributed by atoms with Crippen LogP contribution < -0.4 is 14.8 Å². The molecule has 2 heterocycles. The van der Waals surface area contributed by atoms with Crippen LogP contribution in [0.4, 0.5) is 13.2 Å². The molecule has 2 aromatic rings. The van der Waals surface area contributed by atoms with Crippen molar-refractivity contribution in [1.82, 2.24) is 10.2 Å². The molecule has 164 valence electrons. The minimum atomic E-state index is -4.38. The van der Waals surface area contributed by atoms with Gasteiger partial charge in [0.05, 0.1) is 5.56 Å². The largest absolute Gasteiger partial charge is 0.454 e. The van der Waals surface area contributed by atoms with Crippen LogP contribution >= 0.6 is 0 Å². The average molecular weight is 434 g/mol. The highest BCUT2D eigenvalue weighted by molar-refractivity contribution is 5.95. The van der Waals surface area contributed by atoms with E-state index in [0.29, 0.717) is 48.6 Å². The lowest BCUT2D eigenvalue weighted by atomic mass is 9.95. The number of amides is 2. The Morgan fingerprint density at radius 3 is 2.35 bits per heavy atom. The number of halogens is 3. The van der Waals surface area contributed by atoms with Crippen LogP contribution in [-0.2, 0) is 17.5 Å². The third kappa shape index (κ3) is 4.76. The van der Waals surface area contributed by atoms with Gasteiger partial charge >= 0.3 is 6.18 Å². The fourth-order valence-corrected chi connectivity index (χ4v) is 3.70.